The van der Waals surface area contributed by atoms with Crippen LogP contribution in [0.15, 0.2) is 24.3 Å². The van der Waals surface area contributed by atoms with E-state index in [1.807, 2.05) is 6.07 Å². The van der Waals surface area contributed by atoms with Crippen LogP contribution in [-0.2, 0) is 0 Å². The van der Waals surface area contributed by atoms with E-state index in [4.69, 9.17) is 4.74 Å². The van der Waals surface area contributed by atoms with Crippen molar-refractivity contribution in [2.75, 3.05) is 39.3 Å². The number of benzene rings is 1. The molecule has 2 unspecified atom stereocenters. The van der Waals surface area contributed by atoms with Crippen LogP contribution >= 0.6 is 0 Å². The number of hydrogen-bond donors (Lipinski definition) is 1. The van der Waals surface area contributed by atoms with E-state index in [0.29, 0.717) is 11.8 Å². The molecule has 0 aromatic heterocycles. The summed E-state index contributed by atoms with van der Waals surface area (Å²) >= 11 is 0. The lowest BCUT2D eigenvalue weighted by molar-refractivity contribution is 0.156. The van der Waals surface area contributed by atoms with E-state index >= 15 is 0 Å². The smallest absolute Gasteiger partial charge is 0.119 e. The highest BCUT2D eigenvalue weighted by Gasteiger charge is 2.16. The third-order valence-corrected chi connectivity index (χ3v) is 3.79. The van der Waals surface area contributed by atoms with E-state index in [9.17, 15) is 0 Å². The molecule has 2 atom stereocenters. The molecule has 112 valence electrons. The first-order valence-electron chi connectivity index (χ1n) is 7.76. The molecule has 2 rings (SSSR count). The molecule has 1 aromatic carbocycles. The van der Waals surface area contributed by atoms with Crippen molar-refractivity contribution in [2.45, 2.75) is 20.8 Å². The fraction of sp³-hybridized carbons (Fsp3) is 0.647. The van der Waals surface area contributed by atoms with Gasteiger partial charge in [0.05, 0.1) is 0 Å². The van der Waals surface area contributed by atoms with E-state index in [1.165, 1.54) is 5.56 Å². The molecule has 1 fully saturated rings. The molecule has 0 amide bonds. The monoisotopic (exact) mass is 276 g/mol. The summed E-state index contributed by atoms with van der Waals surface area (Å²) in [6.07, 6.45) is 0. The minimum atomic E-state index is 0.710. The van der Waals surface area contributed by atoms with Gasteiger partial charge in [0, 0.05) is 19.6 Å². The molecule has 20 heavy (non-hydrogen) atoms. The van der Waals surface area contributed by atoms with Gasteiger partial charge in [0.1, 0.15) is 12.4 Å². The van der Waals surface area contributed by atoms with Crippen molar-refractivity contribution in [3.8, 4) is 5.75 Å². The average molecular weight is 276 g/mol. The first-order valence-corrected chi connectivity index (χ1v) is 7.76. The lowest BCUT2D eigenvalue weighted by Gasteiger charge is -2.31. The van der Waals surface area contributed by atoms with Crippen molar-refractivity contribution >= 4 is 0 Å². The first-order chi connectivity index (χ1) is 9.63. The number of nitrogens with zero attached hydrogens (tertiary/aromatic N) is 1. The maximum absolute atomic E-state index is 5.87. The minimum absolute atomic E-state index is 0.710. The lowest BCUT2D eigenvalue weighted by Crippen LogP contribution is -2.43. The standard InChI is InChI=1S/C17H28N2O/c1-14-5-4-6-17(9-14)20-8-7-19-12-15(2)10-18-11-16(3)13-19/h4-6,9,15-16,18H,7-8,10-13H2,1-3H3. The summed E-state index contributed by atoms with van der Waals surface area (Å²) in [7, 11) is 0. The van der Waals surface area contributed by atoms with Gasteiger partial charge < -0.3 is 10.1 Å². The second kappa shape index (κ2) is 7.65. The van der Waals surface area contributed by atoms with Gasteiger partial charge in [0.2, 0.25) is 0 Å². The molecule has 3 heteroatoms. The molecule has 0 aliphatic carbocycles. The zero-order valence-corrected chi connectivity index (χ0v) is 13.1. The number of ether oxygens (including phenoxy) is 1. The van der Waals surface area contributed by atoms with Crippen LogP contribution in [-0.4, -0.2) is 44.2 Å². The highest BCUT2D eigenvalue weighted by atomic mass is 16.5. The minimum Gasteiger partial charge on any atom is -0.492 e. The topological polar surface area (TPSA) is 24.5 Å². The average Bonchev–Trinajstić information content (AvgIpc) is 2.36. The predicted molar refractivity (Wildman–Crippen MR) is 84.3 cm³/mol. The largest absolute Gasteiger partial charge is 0.492 e. The van der Waals surface area contributed by atoms with Gasteiger partial charge in [-0.25, -0.2) is 0 Å². The molecule has 0 bridgehead atoms. The van der Waals surface area contributed by atoms with E-state index in [-0.39, 0.29) is 0 Å². The van der Waals surface area contributed by atoms with Crippen LogP contribution in [0.25, 0.3) is 0 Å². The van der Waals surface area contributed by atoms with E-state index in [1.54, 1.807) is 0 Å². The molecular weight excluding hydrogens is 248 g/mol. The van der Waals surface area contributed by atoms with Crippen LogP contribution in [0.1, 0.15) is 19.4 Å². The van der Waals surface area contributed by atoms with Crippen molar-refractivity contribution in [3.63, 3.8) is 0 Å². The molecule has 0 radical (unpaired) electrons. The Labute approximate surface area is 123 Å². The quantitative estimate of drug-likeness (QED) is 0.914. The Morgan fingerprint density at radius 2 is 1.90 bits per heavy atom. The third-order valence-electron chi connectivity index (χ3n) is 3.79. The van der Waals surface area contributed by atoms with Crippen molar-refractivity contribution in [2.24, 2.45) is 11.8 Å². The van der Waals surface area contributed by atoms with Gasteiger partial charge in [-0.1, -0.05) is 26.0 Å². The van der Waals surface area contributed by atoms with Gasteiger partial charge in [-0.3, -0.25) is 4.90 Å². The molecule has 0 spiro atoms. The van der Waals surface area contributed by atoms with Crippen LogP contribution in [0.5, 0.6) is 5.75 Å². The molecule has 1 N–H and O–H groups in total. The van der Waals surface area contributed by atoms with Gasteiger partial charge in [-0.2, -0.15) is 0 Å². The van der Waals surface area contributed by atoms with E-state index in [2.05, 4.69) is 49.2 Å². The number of nitrogens with one attached hydrogen (secondary N) is 1. The summed E-state index contributed by atoms with van der Waals surface area (Å²) in [4.78, 5) is 2.55. The molecule has 1 aromatic rings. The van der Waals surface area contributed by atoms with Crippen LogP contribution in [0.4, 0.5) is 0 Å². The van der Waals surface area contributed by atoms with Crippen LogP contribution in [0, 0.1) is 18.8 Å². The molecule has 1 heterocycles. The predicted octanol–water partition coefficient (Wildman–Crippen LogP) is 2.55. The Balaban J connectivity index is 1.79. The molecule has 3 nitrogen and oxygen atoms in total. The van der Waals surface area contributed by atoms with Crippen molar-refractivity contribution in [1.29, 1.82) is 0 Å². The summed E-state index contributed by atoms with van der Waals surface area (Å²) in [5.74, 6) is 2.41. The fourth-order valence-corrected chi connectivity index (χ4v) is 2.84. The van der Waals surface area contributed by atoms with Crippen molar-refractivity contribution in [1.82, 2.24) is 10.2 Å². The second-order valence-electron chi connectivity index (χ2n) is 6.29. The summed E-state index contributed by atoms with van der Waals surface area (Å²) < 4.78 is 5.87. The van der Waals surface area contributed by atoms with Gasteiger partial charge in [0.15, 0.2) is 0 Å². The van der Waals surface area contributed by atoms with Crippen molar-refractivity contribution < 1.29 is 4.74 Å². The highest BCUT2D eigenvalue weighted by Crippen LogP contribution is 2.13. The summed E-state index contributed by atoms with van der Waals surface area (Å²) in [5, 5.41) is 3.54. The Morgan fingerprint density at radius 3 is 2.55 bits per heavy atom. The van der Waals surface area contributed by atoms with Gasteiger partial charge in [0.25, 0.3) is 0 Å². The maximum atomic E-state index is 5.87. The van der Waals surface area contributed by atoms with Crippen LogP contribution < -0.4 is 10.1 Å². The first kappa shape index (κ1) is 15.3. The highest BCUT2D eigenvalue weighted by molar-refractivity contribution is 5.27. The van der Waals surface area contributed by atoms with E-state index in [0.717, 1.165) is 45.1 Å². The van der Waals surface area contributed by atoms with E-state index < -0.39 is 0 Å². The number of rotatable bonds is 4. The Hall–Kier alpha value is -1.06. The molecule has 1 saturated heterocycles. The van der Waals surface area contributed by atoms with Crippen molar-refractivity contribution in [3.05, 3.63) is 29.8 Å². The fourth-order valence-electron chi connectivity index (χ4n) is 2.84. The zero-order chi connectivity index (χ0) is 14.4. The number of hydrogen-bond acceptors (Lipinski definition) is 3. The maximum Gasteiger partial charge on any atom is 0.119 e. The molecule has 1 aliphatic heterocycles. The lowest BCUT2D eigenvalue weighted by atomic mass is 10.1. The molecule has 1 aliphatic rings. The summed E-state index contributed by atoms with van der Waals surface area (Å²) in [5.41, 5.74) is 1.25. The Bertz CT molecular complexity index is 396. The SMILES string of the molecule is Cc1cccc(OCCN2CC(C)CNCC(C)C2)c1. The number of aryl methyl sites for hydroxylation is 1. The Kier molecular flexibility index (Phi) is 5.86. The zero-order valence-electron chi connectivity index (χ0n) is 13.1. The van der Waals surface area contributed by atoms with Gasteiger partial charge in [-0.05, 0) is 49.5 Å². The van der Waals surface area contributed by atoms with Crippen LogP contribution in [0.3, 0.4) is 0 Å². The van der Waals surface area contributed by atoms with Crippen LogP contribution in [0.2, 0.25) is 0 Å². The van der Waals surface area contributed by atoms with Gasteiger partial charge >= 0.3 is 0 Å². The third kappa shape index (κ3) is 5.14. The van der Waals surface area contributed by atoms with Gasteiger partial charge in [-0.15, -0.1) is 0 Å². The molecule has 0 saturated carbocycles. The molecular formula is C17H28N2O. The normalized spacial score (nSPS) is 24.9. The summed E-state index contributed by atoms with van der Waals surface area (Å²) in [6.45, 7) is 13.1. The Morgan fingerprint density at radius 1 is 1.20 bits per heavy atom. The summed E-state index contributed by atoms with van der Waals surface area (Å²) in [6, 6.07) is 8.29. The second-order valence-corrected chi connectivity index (χ2v) is 6.29.